The first-order valence-electron chi connectivity index (χ1n) is 9.41. The minimum absolute atomic E-state index is 0.00219. The molecule has 0 unspecified atom stereocenters. The van der Waals surface area contributed by atoms with Gasteiger partial charge in [0.15, 0.2) is 0 Å². The number of nitrogens with one attached hydrogen (secondary N) is 1. The second kappa shape index (κ2) is 10.1. The van der Waals surface area contributed by atoms with E-state index >= 15 is 0 Å². The van der Waals surface area contributed by atoms with Crippen LogP contribution in [0.15, 0.2) is 84.3 Å². The summed E-state index contributed by atoms with van der Waals surface area (Å²) in [6.07, 6.45) is 1.46. The van der Waals surface area contributed by atoms with Crippen molar-refractivity contribution >= 4 is 50.5 Å². The fraction of sp³-hybridized carbons (Fsp3) is 0.0870. The van der Waals surface area contributed by atoms with Crippen LogP contribution in [0.1, 0.15) is 10.4 Å². The molecule has 32 heavy (non-hydrogen) atoms. The molecule has 166 valence electrons. The lowest BCUT2D eigenvalue weighted by Crippen LogP contribution is -2.31. The summed E-state index contributed by atoms with van der Waals surface area (Å²) >= 11 is 12.2. The SMILES string of the molecule is C=CCN(c1ccccc1Cl)S(=O)(=O)c1cccc(C(=O)Nc2cc(Cl)ccc2OC)c1. The topological polar surface area (TPSA) is 75.7 Å². The Bertz CT molecular complexity index is 1260. The van der Waals surface area contributed by atoms with Crippen molar-refractivity contribution in [2.24, 2.45) is 0 Å². The van der Waals surface area contributed by atoms with E-state index < -0.39 is 15.9 Å². The van der Waals surface area contributed by atoms with Crippen molar-refractivity contribution in [3.8, 4) is 5.75 Å². The van der Waals surface area contributed by atoms with Gasteiger partial charge in [-0.2, -0.15) is 0 Å². The van der Waals surface area contributed by atoms with Crippen molar-refractivity contribution in [1.82, 2.24) is 0 Å². The van der Waals surface area contributed by atoms with Gasteiger partial charge in [-0.3, -0.25) is 9.10 Å². The van der Waals surface area contributed by atoms with Crippen LogP contribution in [0.25, 0.3) is 0 Å². The van der Waals surface area contributed by atoms with Gasteiger partial charge in [-0.25, -0.2) is 8.42 Å². The summed E-state index contributed by atoms with van der Waals surface area (Å²) in [5, 5.41) is 3.39. The Morgan fingerprint density at radius 1 is 1.09 bits per heavy atom. The predicted molar refractivity (Wildman–Crippen MR) is 129 cm³/mol. The molecule has 0 spiro atoms. The van der Waals surface area contributed by atoms with Gasteiger partial charge in [0.2, 0.25) is 0 Å². The highest BCUT2D eigenvalue weighted by Gasteiger charge is 2.26. The molecule has 0 aliphatic heterocycles. The van der Waals surface area contributed by atoms with E-state index in [0.29, 0.717) is 22.1 Å². The molecule has 0 radical (unpaired) electrons. The zero-order valence-corrected chi connectivity index (χ0v) is 19.4. The van der Waals surface area contributed by atoms with E-state index in [9.17, 15) is 13.2 Å². The molecular formula is C23H20Cl2N2O4S. The Balaban J connectivity index is 1.97. The second-order valence-corrected chi connectivity index (χ2v) is 9.31. The third kappa shape index (κ3) is 5.07. The zero-order valence-electron chi connectivity index (χ0n) is 17.1. The summed E-state index contributed by atoms with van der Waals surface area (Å²) in [6, 6.07) is 17.1. The summed E-state index contributed by atoms with van der Waals surface area (Å²) in [6.45, 7) is 3.65. The first-order valence-corrected chi connectivity index (χ1v) is 11.6. The van der Waals surface area contributed by atoms with Crippen LogP contribution < -0.4 is 14.4 Å². The van der Waals surface area contributed by atoms with Crippen LogP contribution in [-0.2, 0) is 10.0 Å². The predicted octanol–water partition coefficient (Wildman–Crippen LogP) is 5.64. The minimum Gasteiger partial charge on any atom is -0.495 e. The van der Waals surface area contributed by atoms with Gasteiger partial charge < -0.3 is 10.1 Å². The maximum Gasteiger partial charge on any atom is 0.264 e. The molecular weight excluding hydrogens is 471 g/mol. The average molecular weight is 491 g/mol. The average Bonchev–Trinajstić information content (AvgIpc) is 2.78. The lowest BCUT2D eigenvalue weighted by atomic mass is 10.2. The number of halogens is 2. The van der Waals surface area contributed by atoms with Crippen LogP contribution in [0, 0.1) is 0 Å². The highest BCUT2D eigenvalue weighted by Crippen LogP contribution is 2.31. The highest BCUT2D eigenvalue weighted by atomic mass is 35.5. The molecule has 9 heteroatoms. The quantitative estimate of drug-likeness (QED) is 0.414. The molecule has 1 N–H and O–H groups in total. The lowest BCUT2D eigenvalue weighted by molar-refractivity contribution is 0.102. The van der Waals surface area contributed by atoms with Crippen LogP contribution in [0.5, 0.6) is 5.75 Å². The number of sulfonamides is 1. The van der Waals surface area contributed by atoms with Crippen molar-refractivity contribution in [1.29, 1.82) is 0 Å². The number of amides is 1. The first-order chi connectivity index (χ1) is 15.3. The molecule has 3 rings (SSSR count). The molecule has 0 aliphatic rings. The number of nitrogens with zero attached hydrogens (tertiary/aromatic N) is 1. The number of para-hydroxylation sites is 1. The summed E-state index contributed by atoms with van der Waals surface area (Å²) in [5.41, 5.74) is 0.820. The van der Waals surface area contributed by atoms with E-state index in [-0.39, 0.29) is 22.0 Å². The number of benzene rings is 3. The largest absolute Gasteiger partial charge is 0.495 e. The molecule has 0 aromatic heterocycles. The summed E-state index contributed by atoms with van der Waals surface area (Å²) < 4.78 is 33.2. The molecule has 0 heterocycles. The fourth-order valence-corrected chi connectivity index (χ4v) is 4.96. The smallest absolute Gasteiger partial charge is 0.264 e. The van der Waals surface area contributed by atoms with Gasteiger partial charge in [0, 0.05) is 10.6 Å². The van der Waals surface area contributed by atoms with E-state index in [1.54, 1.807) is 42.5 Å². The molecule has 3 aromatic rings. The van der Waals surface area contributed by atoms with Crippen LogP contribution in [0.3, 0.4) is 0 Å². The van der Waals surface area contributed by atoms with Crippen molar-refractivity contribution < 1.29 is 17.9 Å². The van der Waals surface area contributed by atoms with Gasteiger partial charge in [-0.15, -0.1) is 6.58 Å². The number of hydrogen-bond acceptors (Lipinski definition) is 4. The Morgan fingerprint density at radius 3 is 2.53 bits per heavy atom. The normalized spacial score (nSPS) is 11.0. The molecule has 6 nitrogen and oxygen atoms in total. The molecule has 3 aromatic carbocycles. The molecule has 0 atom stereocenters. The van der Waals surface area contributed by atoms with Crippen LogP contribution >= 0.6 is 23.2 Å². The Labute approximate surface area is 197 Å². The zero-order chi connectivity index (χ0) is 23.3. The fourth-order valence-electron chi connectivity index (χ4n) is 2.99. The minimum atomic E-state index is -4.04. The molecule has 0 aliphatic carbocycles. The Kier molecular flexibility index (Phi) is 7.45. The summed E-state index contributed by atoms with van der Waals surface area (Å²) in [4.78, 5) is 12.8. The highest BCUT2D eigenvalue weighted by molar-refractivity contribution is 7.92. The number of carbonyl (C=O) groups is 1. The number of hydrogen-bond donors (Lipinski definition) is 1. The van der Waals surface area contributed by atoms with Crippen LogP contribution in [-0.4, -0.2) is 28.0 Å². The van der Waals surface area contributed by atoms with Crippen molar-refractivity contribution in [2.75, 3.05) is 23.3 Å². The molecule has 0 bridgehead atoms. The molecule has 0 saturated carbocycles. The molecule has 0 saturated heterocycles. The third-order valence-electron chi connectivity index (χ3n) is 4.51. The van der Waals surface area contributed by atoms with E-state index in [4.69, 9.17) is 27.9 Å². The van der Waals surface area contributed by atoms with Crippen molar-refractivity contribution in [3.05, 3.63) is 95.0 Å². The van der Waals surface area contributed by atoms with E-state index in [1.807, 2.05) is 0 Å². The van der Waals surface area contributed by atoms with Gasteiger partial charge in [0.25, 0.3) is 15.9 Å². The Morgan fingerprint density at radius 2 is 1.84 bits per heavy atom. The monoisotopic (exact) mass is 490 g/mol. The lowest BCUT2D eigenvalue weighted by Gasteiger charge is -2.24. The van der Waals surface area contributed by atoms with Gasteiger partial charge in [0.05, 0.1) is 34.9 Å². The van der Waals surface area contributed by atoms with Crippen molar-refractivity contribution in [2.45, 2.75) is 4.90 Å². The number of anilines is 2. The molecule has 0 fully saturated rings. The molecule has 1 amide bonds. The van der Waals surface area contributed by atoms with Gasteiger partial charge >= 0.3 is 0 Å². The van der Waals surface area contributed by atoms with E-state index in [2.05, 4.69) is 11.9 Å². The Hall–Kier alpha value is -3.00. The van der Waals surface area contributed by atoms with Crippen molar-refractivity contribution in [3.63, 3.8) is 0 Å². The van der Waals surface area contributed by atoms with Crippen LogP contribution in [0.2, 0.25) is 10.0 Å². The standard InChI is InChI=1S/C23H20Cl2N2O4S/c1-3-13-27(21-10-5-4-9-19(21)25)32(29,30)18-8-6-7-16(14-18)23(28)26-20-15-17(24)11-12-22(20)31-2/h3-12,14-15H,1,13H2,2H3,(H,26,28). The second-order valence-electron chi connectivity index (χ2n) is 6.60. The number of methoxy groups -OCH3 is 1. The first kappa shape index (κ1) is 23.7. The third-order valence-corrected chi connectivity index (χ3v) is 6.84. The maximum absolute atomic E-state index is 13.4. The number of ether oxygens (including phenoxy) is 1. The van der Waals surface area contributed by atoms with E-state index in [0.717, 1.165) is 4.31 Å². The van der Waals surface area contributed by atoms with Gasteiger partial charge in [-0.05, 0) is 48.5 Å². The number of carbonyl (C=O) groups excluding carboxylic acids is 1. The summed E-state index contributed by atoms with van der Waals surface area (Å²) in [5.74, 6) is -0.0990. The van der Waals surface area contributed by atoms with Crippen LogP contribution in [0.4, 0.5) is 11.4 Å². The summed E-state index contributed by atoms with van der Waals surface area (Å²) in [7, 11) is -2.57. The number of rotatable bonds is 8. The maximum atomic E-state index is 13.4. The van der Waals surface area contributed by atoms with Gasteiger partial charge in [0.1, 0.15) is 5.75 Å². The van der Waals surface area contributed by atoms with Gasteiger partial charge in [-0.1, -0.05) is 47.5 Å². The van der Waals surface area contributed by atoms with E-state index in [1.165, 1.54) is 37.5 Å².